The smallest absolute Gasteiger partial charge is 0.225 e. The Bertz CT molecular complexity index is 746. The predicted molar refractivity (Wildman–Crippen MR) is 97.0 cm³/mol. The lowest BCUT2D eigenvalue weighted by atomic mass is 9.99. The lowest BCUT2D eigenvalue weighted by Crippen LogP contribution is -2.29. The van der Waals surface area contributed by atoms with Gasteiger partial charge in [0, 0.05) is 29.1 Å². The highest BCUT2D eigenvalue weighted by molar-refractivity contribution is 14.1. The van der Waals surface area contributed by atoms with Crippen molar-refractivity contribution in [1.82, 2.24) is 9.97 Å². The van der Waals surface area contributed by atoms with Crippen molar-refractivity contribution in [2.75, 3.05) is 31.2 Å². The Labute approximate surface area is 148 Å². The van der Waals surface area contributed by atoms with Crippen LogP contribution in [0.2, 0.25) is 0 Å². The van der Waals surface area contributed by atoms with Crippen LogP contribution in [0.3, 0.4) is 0 Å². The first kappa shape index (κ1) is 14.7. The summed E-state index contributed by atoms with van der Waals surface area (Å²) in [5.74, 6) is 2.48. The minimum Gasteiger partial charge on any atom is -0.486 e. The van der Waals surface area contributed by atoms with Gasteiger partial charge in [-0.05, 0) is 52.3 Å². The fraction of sp³-hybridized carbons (Fsp3) is 0.294. The summed E-state index contributed by atoms with van der Waals surface area (Å²) in [4.78, 5) is 11.0. The second kappa shape index (κ2) is 6.35. The molecular weight excluding hydrogens is 405 g/mol. The van der Waals surface area contributed by atoms with Crippen molar-refractivity contribution in [2.24, 2.45) is 0 Å². The zero-order valence-electron chi connectivity index (χ0n) is 12.5. The molecule has 23 heavy (non-hydrogen) atoms. The molecule has 0 amide bonds. The lowest BCUT2D eigenvalue weighted by Gasteiger charge is -2.27. The number of hydrogen-bond donors (Lipinski definition) is 0. The highest BCUT2D eigenvalue weighted by Crippen LogP contribution is 2.34. The van der Waals surface area contributed by atoms with Crippen LogP contribution in [0.15, 0.2) is 36.7 Å². The Hall–Kier alpha value is -1.83. The van der Waals surface area contributed by atoms with Gasteiger partial charge >= 0.3 is 0 Å². The minimum absolute atomic E-state index is 0.618. The number of halogens is 1. The molecule has 0 radical (unpaired) electrons. The van der Waals surface area contributed by atoms with Crippen molar-refractivity contribution in [1.29, 1.82) is 0 Å². The van der Waals surface area contributed by atoms with Crippen LogP contribution in [0.25, 0.3) is 5.57 Å². The van der Waals surface area contributed by atoms with Crippen LogP contribution in [0.1, 0.15) is 12.0 Å². The number of nitrogens with zero attached hydrogens (tertiary/aromatic N) is 3. The summed E-state index contributed by atoms with van der Waals surface area (Å²) in [6.45, 7) is 2.98. The maximum Gasteiger partial charge on any atom is 0.225 e. The van der Waals surface area contributed by atoms with Gasteiger partial charge in [-0.25, -0.2) is 9.97 Å². The van der Waals surface area contributed by atoms with Crippen LogP contribution in [0.4, 0.5) is 5.95 Å². The average Bonchev–Trinajstić information content (AvgIpc) is 2.62. The van der Waals surface area contributed by atoms with Gasteiger partial charge in [0.2, 0.25) is 5.95 Å². The quantitative estimate of drug-likeness (QED) is 0.698. The first-order chi connectivity index (χ1) is 11.3. The van der Waals surface area contributed by atoms with Crippen LogP contribution < -0.4 is 14.4 Å². The first-order valence-electron chi connectivity index (χ1n) is 7.61. The number of fused-ring (bicyclic) bond motifs is 1. The molecule has 0 saturated heterocycles. The average molecular weight is 421 g/mol. The molecule has 0 spiro atoms. The summed E-state index contributed by atoms with van der Waals surface area (Å²) in [5, 5.41) is 0. The maximum atomic E-state index is 5.67. The van der Waals surface area contributed by atoms with E-state index in [1.54, 1.807) is 0 Å². The fourth-order valence-corrected chi connectivity index (χ4v) is 3.10. The molecule has 3 heterocycles. The molecule has 0 N–H and O–H groups in total. The van der Waals surface area contributed by atoms with Gasteiger partial charge in [0.05, 0.1) is 0 Å². The lowest BCUT2D eigenvalue weighted by molar-refractivity contribution is 0.171. The van der Waals surface area contributed by atoms with Crippen molar-refractivity contribution in [3.63, 3.8) is 0 Å². The van der Waals surface area contributed by atoms with E-state index >= 15 is 0 Å². The van der Waals surface area contributed by atoms with Crippen molar-refractivity contribution in [3.8, 4) is 11.5 Å². The van der Waals surface area contributed by atoms with Crippen LogP contribution in [-0.2, 0) is 0 Å². The Morgan fingerprint density at radius 1 is 1.04 bits per heavy atom. The number of benzene rings is 1. The van der Waals surface area contributed by atoms with Crippen molar-refractivity contribution >= 4 is 34.1 Å². The standard InChI is InChI=1S/C17H16IN3O2/c18-14-10-19-17(20-11-14)21-5-3-12(4-6-21)13-1-2-15-16(9-13)23-8-7-22-15/h1-3,9-11H,4-8H2. The third-order valence-electron chi connectivity index (χ3n) is 4.01. The topological polar surface area (TPSA) is 47.5 Å². The zero-order chi connectivity index (χ0) is 15.6. The SMILES string of the molecule is Ic1cnc(N2CC=C(c3ccc4c(c3)OCCO4)CC2)nc1. The normalized spacial score (nSPS) is 16.9. The summed E-state index contributed by atoms with van der Waals surface area (Å²) in [7, 11) is 0. The van der Waals surface area contributed by atoms with E-state index in [-0.39, 0.29) is 0 Å². The van der Waals surface area contributed by atoms with E-state index in [1.165, 1.54) is 11.1 Å². The van der Waals surface area contributed by atoms with E-state index in [9.17, 15) is 0 Å². The second-order valence-electron chi connectivity index (χ2n) is 5.49. The molecule has 1 aromatic carbocycles. The number of rotatable bonds is 2. The largest absolute Gasteiger partial charge is 0.486 e. The van der Waals surface area contributed by atoms with Gasteiger partial charge in [-0.1, -0.05) is 12.1 Å². The molecule has 0 atom stereocenters. The van der Waals surface area contributed by atoms with E-state index < -0.39 is 0 Å². The number of hydrogen-bond acceptors (Lipinski definition) is 5. The van der Waals surface area contributed by atoms with Crippen molar-refractivity contribution in [3.05, 3.63) is 45.8 Å². The number of anilines is 1. The van der Waals surface area contributed by atoms with Crippen LogP contribution >= 0.6 is 22.6 Å². The Morgan fingerprint density at radius 3 is 2.57 bits per heavy atom. The molecule has 6 heteroatoms. The van der Waals surface area contributed by atoms with Gasteiger partial charge in [-0.15, -0.1) is 0 Å². The van der Waals surface area contributed by atoms with Gasteiger partial charge in [0.1, 0.15) is 13.2 Å². The van der Waals surface area contributed by atoms with Gasteiger partial charge < -0.3 is 14.4 Å². The predicted octanol–water partition coefficient (Wildman–Crippen LogP) is 3.15. The van der Waals surface area contributed by atoms with Crippen LogP contribution in [0, 0.1) is 3.57 Å². The number of aromatic nitrogens is 2. The van der Waals surface area contributed by atoms with Crippen LogP contribution in [-0.4, -0.2) is 36.3 Å². The minimum atomic E-state index is 0.618. The van der Waals surface area contributed by atoms with E-state index in [0.717, 1.165) is 40.5 Å². The molecule has 0 bridgehead atoms. The molecule has 5 nitrogen and oxygen atoms in total. The number of ether oxygens (including phenoxy) is 2. The summed E-state index contributed by atoms with van der Waals surface area (Å²) in [6, 6.07) is 6.19. The van der Waals surface area contributed by atoms with E-state index in [4.69, 9.17) is 9.47 Å². The van der Waals surface area contributed by atoms with E-state index in [2.05, 4.69) is 55.7 Å². The molecule has 2 aromatic rings. The van der Waals surface area contributed by atoms with Crippen molar-refractivity contribution < 1.29 is 9.47 Å². The van der Waals surface area contributed by atoms with Gasteiger partial charge in [0.15, 0.2) is 11.5 Å². The molecular formula is C17H16IN3O2. The molecule has 118 valence electrons. The molecule has 2 aliphatic heterocycles. The Morgan fingerprint density at radius 2 is 1.83 bits per heavy atom. The summed E-state index contributed by atoms with van der Waals surface area (Å²) >= 11 is 2.22. The van der Waals surface area contributed by atoms with Crippen LogP contribution in [0.5, 0.6) is 11.5 Å². The molecule has 0 saturated carbocycles. The van der Waals surface area contributed by atoms with E-state index in [0.29, 0.717) is 13.2 Å². The third kappa shape index (κ3) is 3.12. The highest BCUT2D eigenvalue weighted by atomic mass is 127. The summed E-state index contributed by atoms with van der Waals surface area (Å²) in [5.41, 5.74) is 2.54. The zero-order valence-corrected chi connectivity index (χ0v) is 14.7. The molecule has 0 aliphatic carbocycles. The molecule has 0 fully saturated rings. The Balaban J connectivity index is 1.52. The summed E-state index contributed by atoms with van der Waals surface area (Å²) < 4.78 is 12.3. The fourth-order valence-electron chi connectivity index (χ4n) is 2.82. The Kier molecular flexibility index (Phi) is 4.07. The second-order valence-corrected chi connectivity index (χ2v) is 6.73. The molecule has 4 rings (SSSR count). The highest BCUT2D eigenvalue weighted by Gasteiger charge is 2.18. The monoisotopic (exact) mass is 421 g/mol. The molecule has 0 unspecified atom stereocenters. The third-order valence-corrected chi connectivity index (χ3v) is 4.57. The van der Waals surface area contributed by atoms with Crippen molar-refractivity contribution in [2.45, 2.75) is 6.42 Å². The molecule has 2 aliphatic rings. The van der Waals surface area contributed by atoms with Gasteiger partial charge in [0.25, 0.3) is 0 Å². The summed E-state index contributed by atoms with van der Waals surface area (Å²) in [6.07, 6.45) is 6.91. The molecule has 1 aromatic heterocycles. The van der Waals surface area contributed by atoms with Gasteiger partial charge in [-0.2, -0.15) is 0 Å². The van der Waals surface area contributed by atoms with E-state index in [1.807, 2.05) is 18.5 Å². The van der Waals surface area contributed by atoms with Gasteiger partial charge in [-0.3, -0.25) is 0 Å². The first-order valence-corrected chi connectivity index (χ1v) is 8.69. The maximum absolute atomic E-state index is 5.67.